The second-order valence-corrected chi connectivity index (χ2v) is 6.62. The van der Waals surface area contributed by atoms with E-state index in [1.807, 2.05) is 67.7 Å². The Morgan fingerprint density at radius 2 is 1.50 bits per heavy atom. The molecule has 3 aromatic carbocycles. The van der Waals surface area contributed by atoms with E-state index in [4.69, 9.17) is 0 Å². The van der Waals surface area contributed by atoms with Crippen LogP contribution in [0.1, 0.15) is 24.0 Å². The van der Waals surface area contributed by atoms with Crippen LogP contribution < -0.4 is 10.3 Å². The third-order valence-corrected chi connectivity index (χ3v) is 4.54. The summed E-state index contributed by atoms with van der Waals surface area (Å²) in [4.78, 5) is 14.0. The SMILES string of the molecule is CN(c1ccccc1)c1ccc(C=NNC(=O)CCCc2ccccc2)cc1. The Morgan fingerprint density at radius 3 is 2.18 bits per heavy atom. The Hall–Kier alpha value is -3.40. The standard InChI is InChI=1S/C24H25N3O/c1-27(22-12-6-3-7-13-22)23-17-15-21(16-18-23)19-25-26-24(28)14-8-11-20-9-4-2-5-10-20/h2-7,9-10,12-13,15-19H,8,11,14H2,1H3,(H,26,28). The van der Waals surface area contributed by atoms with Crippen molar-refractivity contribution in [2.75, 3.05) is 11.9 Å². The number of hydrazone groups is 1. The normalized spacial score (nSPS) is 10.8. The molecule has 0 atom stereocenters. The summed E-state index contributed by atoms with van der Waals surface area (Å²) < 4.78 is 0. The zero-order valence-corrected chi connectivity index (χ0v) is 16.1. The highest BCUT2D eigenvalue weighted by Crippen LogP contribution is 2.22. The molecule has 0 radical (unpaired) electrons. The first-order valence-electron chi connectivity index (χ1n) is 9.47. The van der Waals surface area contributed by atoms with Crippen LogP contribution in [0.25, 0.3) is 0 Å². The highest BCUT2D eigenvalue weighted by molar-refractivity contribution is 5.83. The number of nitrogens with one attached hydrogen (secondary N) is 1. The lowest BCUT2D eigenvalue weighted by atomic mass is 10.1. The fourth-order valence-corrected chi connectivity index (χ4v) is 2.92. The molecule has 0 spiro atoms. The molecule has 4 heteroatoms. The number of aryl methyl sites for hydroxylation is 1. The van der Waals surface area contributed by atoms with Gasteiger partial charge in [0.2, 0.25) is 5.91 Å². The summed E-state index contributed by atoms with van der Waals surface area (Å²) in [6, 6.07) is 28.4. The summed E-state index contributed by atoms with van der Waals surface area (Å²) in [5.41, 5.74) is 7.01. The first-order chi connectivity index (χ1) is 13.7. The van der Waals surface area contributed by atoms with Gasteiger partial charge in [-0.2, -0.15) is 5.10 Å². The molecule has 0 saturated heterocycles. The fraction of sp³-hybridized carbons (Fsp3) is 0.167. The molecular weight excluding hydrogens is 346 g/mol. The molecule has 0 aliphatic carbocycles. The van der Waals surface area contributed by atoms with Gasteiger partial charge in [-0.25, -0.2) is 5.43 Å². The summed E-state index contributed by atoms with van der Waals surface area (Å²) in [5.74, 6) is -0.0624. The highest BCUT2D eigenvalue weighted by atomic mass is 16.2. The van der Waals surface area contributed by atoms with Crippen LogP contribution in [0.15, 0.2) is 90.0 Å². The quantitative estimate of drug-likeness (QED) is 0.451. The van der Waals surface area contributed by atoms with Gasteiger partial charge >= 0.3 is 0 Å². The predicted molar refractivity (Wildman–Crippen MR) is 116 cm³/mol. The van der Waals surface area contributed by atoms with Crippen molar-refractivity contribution in [3.63, 3.8) is 0 Å². The molecule has 3 aromatic rings. The maximum atomic E-state index is 11.9. The molecule has 0 bridgehead atoms. The van der Waals surface area contributed by atoms with E-state index in [9.17, 15) is 4.79 Å². The van der Waals surface area contributed by atoms with Crippen LogP contribution in [-0.4, -0.2) is 19.2 Å². The zero-order valence-electron chi connectivity index (χ0n) is 16.1. The molecule has 0 unspecified atom stereocenters. The van der Waals surface area contributed by atoms with E-state index >= 15 is 0 Å². The van der Waals surface area contributed by atoms with Gasteiger partial charge in [-0.1, -0.05) is 60.7 Å². The monoisotopic (exact) mass is 371 g/mol. The van der Waals surface area contributed by atoms with Gasteiger partial charge in [-0.15, -0.1) is 0 Å². The van der Waals surface area contributed by atoms with E-state index in [0.29, 0.717) is 6.42 Å². The van der Waals surface area contributed by atoms with E-state index < -0.39 is 0 Å². The van der Waals surface area contributed by atoms with E-state index in [1.165, 1.54) is 5.56 Å². The lowest BCUT2D eigenvalue weighted by molar-refractivity contribution is -0.121. The topological polar surface area (TPSA) is 44.7 Å². The van der Waals surface area contributed by atoms with Crippen LogP contribution in [0.3, 0.4) is 0 Å². The van der Waals surface area contributed by atoms with E-state index in [-0.39, 0.29) is 5.91 Å². The molecule has 0 aromatic heterocycles. The number of benzene rings is 3. The van der Waals surface area contributed by atoms with E-state index in [2.05, 4.69) is 39.7 Å². The Balaban J connectivity index is 1.44. The third-order valence-electron chi connectivity index (χ3n) is 4.54. The van der Waals surface area contributed by atoms with Gasteiger partial charge in [0.15, 0.2) is 0 Å². The predicted octanol–water partition coefficient (Wildman–Crippen LogP) is 4.93. The second kappa shape index (κ2) is 10.1. The number of para-hydroxylation sites is 1. The lowest BCUT2D eigenvalue weighted by Gasteiger charge is -2.19. The third kappa shape index (κ3) is 5.81. The largest absolute Gasteiger partial charge is 0.345 e. The van der Waals surface area contributed by atoms with Crippen molar-refractivity contribution >= 4 is 23.5 Å². The Bertz CT molecular complexity index is 890. The first kappa shape index (κ1) is 19.4. The molecule has 0 saturated carbocycles. The van der Waals surface area contributed by atoms with Crippen molar-refractivity contribution in [1.82, 2.24) is 5.43 Å². The molecule has 1 N–H and O–H groups in total. The number of rotatable bonds is 8. The minimum atomic E-state index is -0.0624. The Morgan fingerprint density at radius 1 is 0.893 bits per heavy atom. The van der Waals surface area contributed by atoms with Crippen LogP contribution >= 0.6 is 0 Å². The van der Waals surface area contributed by atoms with Crippen molar-refractivity contribution in [3.05, 3.63) is 96.1 Å². The van der Waals surface area contributed by atoms with Gasteiger partial charge in [0.05, 0.1) is 6.21 Å². The minimum Gasteiger partial charge on any atom is -0.345 e. The second-order valence-electron chi connectivity index (χ2n) is 6.62. The number of hydrogen-bond acceptors (Lipinski definition) is 3. The van der Waals surface area contributed by atoms with Gasteiger partial charge in [0, 0.05) is 24.8 Å². The summed E-state index contributed by atoms with van der Waals surface area (Å²) >= 11 is 0. The fourth-order valence-electron chi connectivity index (χ4n) is 2.92. The summed E-state index contributed by atoms with van der Waals surface area (Å²) in [6.45, 7) is 0. The Labute approximate surface area is 166 Å². The number of anilines is 2. The van der Waals surface area contributed by atoms with Crippen LogP contribution in [0, 0.1) is 0 Å². The van der Waals surface area contributed by atoms with Crippen LogP contribution in [0.2, 0.25) is 0 Å². The lowest BCUT2D eigenvalue weighted by Crippen LogP contribution is -2.17. The summed E-state index contributed by atoms with van der Waals surface area (Å²) in [7, 11) is 2.04. The van der Waals surface area contributed by atoms with Crippen LogP contribution in [0.5, 0.6) is 0 Å². The summed E-state index contributed by atoms with van der Waals surface area (Å²) in [6.07, 6.45) is 3.84. The number of carbonyl (C=O) groups excluding carboxylic acids is 1. The van der Waals surface area contributed by atoms with Crippen molar-refractivity contribution < 1.29 is 4.79 Å². The van der Waals surface area contributed by atoms with Gasteiger partial charge in [-0.05, 0) is 48.2 Å². The van der Waals surface area contributed by atoms with Crippen LogP contribution in [0.4, 0.5) is 11.4 Å². The molecule has 4 nitrogen and oxygen atoms in total. The summed E-state index contributed by atoms with van der Waals surface area (Å²) in [5, 5.41) is 4.06. The molecule has 1 amide bonds. The van der Waals surface area contributed by atoms with Crippen molar-refractivity contribution in [1.29, 1.82) is 0 Å². The molecule has 3 rings (SSSR count). The van der Waals surface area contributed by atoms with Gasteiger partial charge in [0.25, 0.3) is 0 Å². The Kier molecular flexibility index (Phi) is 6.96. The molecule has 0 aliphatic rings. The average molecular weight is 371 g/mol. The number of amides is 1. The molecule has 142 valence electrons. The van der Waals surface area contributed by atoms with Gasteiger partial charge < -0.3 is 4.90 Å². The average Bonchev–Trinajstić information content (AvgIpc) is 2.75. The molecule has 28 heavy (non-hydrogen) atoms. The van der Waals surface area contributed by atoms with Crippen LogP contribution in [-0.2, 0) is 11.2 Å². The maximum Gasteiger partial charge on any atom is 0.240 e. The highest BCUT2D eigenvalue weighted by Gasteiger charge is 2.03. The molecule has 0 heterocycles. The minimum absolute atomic E-state index is 0.0624. The van der Waals surface area contributed by atoms with E-state index in [1.54, 1.807) is 6.21 Å². The van der Waals surface area contributed by atoms with Crippen molar-refractivity contribution in [3.8, 4) is 0 Å². The molecule has 0 aliphatic heterocycles. The maximum absolute atomic E-state index is 11.9. The van der Waals surface area contributed by atoms with Crippen molar-refractivity contribution in [2.24, 2.45) is 5.10 Å². The molecular formula is C24H25N3O. The number of hydrogen-bond donors (Lipinski definition) is 1. The first-order valence-corrected chi connectivity index (χ1v) is 9.47. The van der Waals surface area contributed by atoms with Crippen molar-refractivity contribution in [2.45, 2.75) is 19.3 Å². The number of carbonyl (C=O) groups is 1. The van der Waals surface area contributed by atoms with Gasteiger partial charge in [-0.3, -0.25) is 4.79 Å². The molecule has 0 fully saturated rings. The van der Waals surface area contributed by atoms with E-state index in [0.717, 1.165) is 29.8 Å². The smallest absolute Gasteiger partial charge is 0.240 e. The number of nitrogens with zero attached hydrogens (tertiary/aromatic N) is 2. The van der Waals surface area contributed by atoms with Gasteiger partial charge in [0.1, 0.15) is 0 Å². The zero-order chi connectivity index (χ0) is 19.6.